The number of fused-ring (bicyclic) bond motifs is 1. The summed E-state index contributed by atoms with van der Waals surface area (Å²) >= 11 is -0.121. The van der Waals surface area contributed by atoms with Crippen molar-refractivity contribution >= 4 is 30.7 Å². The number of anilines is 2. The summed E-state index contributed by atoms with van der Waals surface area (Å²) in [6, 6.07) is 18.3. The van der Waals surface area contributed by atoms with Crippen molar-refractivity contribution in [1.29, 1.82) is 0 Å². The van der Waals surface area contributed by atoms with Crippen molar-refractivity contribution in [2.75, 3.05) is 29.9 Å². The number of carbonyl (C=O) groups is 1. The second kappa shape index (κ2) is 8.85. The maximum absolute atomic E-state index is 13.6. The van der Waals surface area contributed by atoms with Gasteiger partial charge in [0.2, 0.25) is 0 Å². The van der Waals surface area contributed by atoms with Gasteiger partial charge in [-0.25, -0.2) is 0 Å². The van der Waals surface area contributed by atoms with Crippen LogP contribution < -0.4 is 9.80 Å². The first-order valence-corrected chi connectivity index (χ1v) is 13.8. The summed E-state index contributed by atoms with van der Waals surface area (Å²) in [5.41, 5.74) is 5.38. The average Bonchev–Trinajstić information content (AvgIpc) is 3.36. The zero-order valence-corrected chi connectivity index (χ0v) is 22.6. The van der Waals surface area contributed by atoms with E-state index in [1.54, 1.807) is 0 Å². The second-order valence-electron chi connectivity index (χ2n) is 9.57. The molecule has 35 heavy (non-hydrogen) atoms. The van der Waals surface area contributed by atoms with Crippen LogP contribution in [0, 0.1) is 0 Å². The zero-order valence-electron chi connectivity index (χ0n) is 20.9. The van der Waals surface area contributed by atoms with Crippen molar-refractivity contribution in [3.8, 4) is 11.3 Å². The molecule has 1 aromatic heterocycles. The number of hydrogen-bond donors (Lipinski definition) is 1. The third-order valence-electron chi connectivity index (χ3n) is 7.28. The molecule has 1 N–H and O–H groups in total. The quantitative estimate of drug-likeness (QED) is 0.429. The number of carbonyl (C=O) groups excluding carboxylic acids is 1. The Morgan fingerprint density at radius 2 is 1.74 bits per heavy atom. The molecule has 6 heteroatoms. The van der Waals surface area contributed by atoms with E-state index in [1.807, 2.05) is 55.6 Å². The van der Waals surface area contributed by atoms with E-state index in [9.17, 15) is 9.90 Å². The third-order valence-corrected chi connectivity index (χ3v) is 9.76. The number of aliphatic hydroxyl groups excluding tert-OH is 1. The van der Waals surface area contributed by atoms with Crippen LogP contribution in [0.1, 0.15) is 43.6 Å². The minimum atomic E-state index is -0.605. The first-order valence-electron chi connectivity index (χ1n) is 12.1. The molecule has 0 saturated carbocycles. The number of benzene rings is 2. The Labute approximate surface area is 213 Å². The molecule has 0 spiro atoms. The number of hydrogen-bond acceptors (Lipinski definition) is 5. The summed E-state index contributed by atoms with van der Waals surface area (Å²) in [5.74, 6) is -0.452. The van der Waals surface area contributed by atoms with E-state index in [-0.39, 0.29) is 31.5 Å². The Hall–Kier alpha value is -3.08. The monoisotopic (exact) mass is 533 g/mol. The van der Waals surface area contributed by atoms with E-state index >= 15 is 0 Å². The van der Waals surface area contributed by atoms with Gasteiger partial charge in [-0.2, -0.15) is 0 Å². The maximum atomic E-state index is 13.6. The summed E-state index contributed by atoms with van der Waals surface area (Å²) in [6.07, 6.45) is 1.89. The number of aromatic nitrogens is 1. The van der Waals surface area contributed by atoms with Crippen LogP contribution in [-0.2, 0) is 10.2 Å². The molecule has 5 rings (SSSR count). The molecule has 0 fully saturated rings. The normalized spacial score (nSPS) is 19.8. The van der Waals surface area contributed by atoms with Gasteiger partial charge in [0.1, 0.15) is 0 Å². The Kier molecular flexibility index (Phi) is 5.98. The number of rotatable bonds is 6. The molecular formula is C29H31N3O2Se. The number of aliphatic hydroxyl groups is 1. The topological polar surface area (TPSA) is 56.7 Å². The Morgan fingerprint density at radius 3 is 2.37 bits per heavy atom. The van der Waals surface area contributed by atoms with E-state index in [0.717, 1.165) is 44.9 Å². The Bertz CT molecular complexity index is 1350. The van der Waals surface area contributed by atoms with Gasteiger partial charge in [-0.05, 0) is 0 Å². The molecule has 0 bridgehead atoms. The number of para-hydroxylation sites is 1. The molecule has 2 heterocycles. The fourth-order valence-electron chi connectivity index (χ4n) is 5.22. The van der Waals surface area contributed by atoms with Gasteiger partial charge in [-0.3, -0.25) is 0 Å². The molecule has 2 aromatic carbocycles. The van der Waals surface area contributed by atoms with Crippen molar-refractivity contribution < 1.29 is 9.90 Å². The Balaban J connectivity index is 1.57. The third kappa shape index (κ3) is 3.67. The molecule has 180 valence electrons. The standard InChI is InChI=1S/C29H31N3O2Se/c1-6-32(7-2)28-30-24(18-13-9-8-10-14-18)27(35-28)23-25(33)19(26(23)34)17-22-29(3,4)20-15-11-12-16-21(20)31(22)5/h8-17,23,33H,6-7H2,1-5H3/b22-17-. The molecular weight excluding hydrogens is 501 g/mol. The first-order chi connectivity index (χ1) is 16.8. The number of allylic oxidation sites excluding steroid dienone is 4. The molecule has 0 radical (unpaired) electrons. The van der Waals surface area contributed by atoms with Gasteiger partial charge in [0.25, 0.3) is 0 Å². The van der Waals surface area contributed by atoms with Crippen molar-refractivity contribution in [1.82, 2.24) is 4.98 Å². The molecule has 1 atom stereocenters. The molecule has 1 unspecified atom stereocenters. The zero-order chi connectivity index (χ0) is 24.9. The predicted molar refractivity (Wildman–Crippen MR) is 144 cm³/mol. The fourth-order valence-corrected chi connectivity index (χ4v) is 7.98. The van der Waals surface area contributed by atoms with Crippen LogP contribution in [0.4, 0.5) is 10.4 Å². The summed E-state index contributed by atoms with van der Waals surface area (Å²) in [7, 11) is 2.03. The van der Waals surface area contributed by atoms with Gasteiger partial charge >= 0.3 is 213 Å². The van der Waals surface area contributed by atoms with Crippen LogP contribution >= 0.6 is 0 Å². The molecule has 0 saturated heterocycles. The van der Waals surface area contributed by atoms with Gasteiger partial charge < -0.3 is 0 Å². The molecule has 5 nitrogen and oxygen atoms in total. The second-order valence-corrected chi connectivity index (χ2v) is 11.7. The van der Waals surface area contributed by atoms with E-state index < -0.39 is 5.92 Å². The minimum absolute atomic E-state index is 0.0172. The van der Waals surface area contributed by atoms with Gasteiger partial charge in [0.05, 0.1) is 0 Å². The van der Waals surface area contributed by atoms with Crippen LogP contribution in [0.3, 0.4) is 0 Å². The van der Waals surface area contributed by atoms with Gasteiger partial charge in [-0.1, -0.05) is 0 Å². The fraction of sp³-hybridized carbons (Fsp3) is 0.310. The van der Waals surface area contributed by atoms with Gasteiger partial charge in [-0.15, -0.1) is 0 Å². The van der Waals surface area contributed by atoms with Crippen molar-refractivity contribution in [3.05, 3.63) is 87.7 Å². The Morgan fingerprint density at radius 1 is 1.09 bits per heavy atom. The van der Waals surface area contributed by atoms with E-state index in [1.165, 1.54) is 5.56 Å². The predicted octanol–water partition coefficient (Wildman–Crippen LogP) is 5.44. The molecule has 3 aromatic rings. The molecule has 1 aliphatic heterocycles. The number of Topliss-reactive ketones (excluding diaryl/α,β-unsaturated/α-hetero) is 1. The van der Waals surface area contributed by atoms with Crippen LogP contribution in [-0.4, -0.2) is 50.5 Å². The van der Waals surface area contributed by atoms with Crippen LogP contribution in [0.15, 0.2) is 77.7 Å². The summed E-state index contributed by atoms with van der Waals surface area (Å²) in [6.45, 7) is 10.3. The average molecular weight is 533 g/mol. The van der Waals surface area contributed by atoms with Crippen molar-refractivity contribution in [3.63, 3.8) is 0 Å². The van der Waals surface area contributed by atoms with Crippen molar-refractivity contribution in [2.45, 2.75) is 39.0 Å². The molecule has 1 aliphatic carbocycles. The van der Waals surface area contributed by atoms with Gasteiger partial charge in [0.15, 0.2) is 0 Å². The number of nitrogens with zero attached hydrogens (tertiary/aromatic N) is 3. The number of ketones is 1. The summed E-state index contributed by atoms with van der Waals surface area (Å²) < 4.78 is 1.98. The molecule has 2 aliphatic rings. The van der Waals surface area contributed by atoms with Crippen LogP contribution in [0.5, 0.6) is 0 Å². The first kappa shape index (κ1) is 23.7. The molecule has 0 amide bonds. The summed E-state index contributed by atoms with van der Waals surface area (Å²) in [5, 5.41) is 11.2. The van der Waals surface area contributed by atoms with Crippen molar-refractivity contribution in [2.24, 2.45) is 0 Å². The van der Waals surface area contributed by atoms with E-state index in [2.05, 4.69) is 49.6 Å². The number of likely N-dealkylation sites (N-methyl/N-ethyl adjacent to an activating group) is 1. The van der Waals surface area contributed by atoms with Crippen LogP contribution in [0.2, 0.25) is 0 Å². The SMILES string of the molecule is CCN(CC)c1nc(-c2ccccc2)c(C2C(=O)C(/C=C3\N(C)c4ccccc4C3(C)C)=C2O)[se]1. The van der Waals surface area contributed by atoms with E-state index in [0.29, 0.717) is 5.57 Å². The van der Waals surface area contributed by atoms with Crippen LogP contribution in [0.25, 0.3) is 11.3 Å². The van der Waals surface area contributed by atoms with E-state index in [4.69, 9.17) is 4.98 Å². The summed E-state index contributed by atoms with van der Waals surface area (Å²) in [4.78, 5) is 22.9. The van der Waals surface area contributed by atoms with Gasteiger partial charge in [0, 0.05) is 0 Å².